The molecule has 0 unspecified atom stereocenters. The summed E-state index contributed by atoms with van der Waals surface area (Å²) >= 11 is 0. The number of carbonyl (C=O) groups excluding carboxylic acids is 2. The summed E-state index contributed by atoms with van der Waals surface area (Å²) in [6, 6.07) is 11.2. The van der Waals surface area contributed by atoms with Crippen LogP contribution in [0.1, 0.15) is 37.9 Å². The highest BCUT2D eigenvalue weighted by atomic mass is 16.5. The Kier molecular flexibility index (Phi) is 9.73. The van der Waals surface area contributed by atoms with Crippen molar-refractivity contribution in [1.29, 1.82) is 0 Å². The van der Waals surface area contributed by atoms with E-state index in [-0.39, 0.29) is 12.2 Å². The zero-order chi connectivity index (χ0) is 26.8. The van der Waals surface area contributed by atoms with E-state index in [2.05, 4.69) is 21.2 Å². The van der Waals surface area contributed by atoms with Crippen molar-refractivity contribution >= 4 is 18.2 Å². The number of nitrogens with zero attached hydrogens (tertiary/aromatic N) is 1. The maximum absolute atomic E-state index is 12.4. The van der Waals surface area contributed by atoms with Gasteiger partial charge in [0, 0.05) is 5.70 Å². The topological polar surface area (TPSA) is 140 Å². The van der Waals surface area contributed by atoms with Crippen LogP contribution in [0.5, 0.6) is 17.2 Å². The number of ether oxygens (including phenoxy) is 4. The number of hydrogen-bond donors (Lipinski definition) is 4. The van der Waals surface area contributed by atoms with E-state index in [9.17, 15) is 14.7 Å². The first-order valence-electron chi connectivity index (χ1n) is 11.8. The summed E-state index contributed by atoms with van der Waals surface area (Å²) in [4.78, 5) is 24.4. The number of hydrazone groups is 1. The van der Waals surface area contributed by atoms with Gasteiger partial charge in [0.25, 0.3) is 0 Å². The third kappa shape index (κ3) is 7.37. The van der Waals surface area contributed by atoms with Gasteiger partial charge >= 0.3 is 12.0 Å². The van der Waals surface area contributed by atoms with Crippen molar-refractivity contribution in [2.45, 2.75) is 33.0 Å². The second-order valence-corrected chi connectivity index (χ2v) is 7.92. The van der Waals surface area contributed by atoms with Gasteiger partial charge in [-0.05, 0) is 68.3 Å². The van der Waals surface area contributed by atoms with Gasteiger partial charge in [-0.25, -0.2) is 9.59 Å². The Morgan fingerprint density at radius 2 is 1.84 bits per heavy atom. The van der Waals surface area contributed by atoms with Gasteiger partial charge in [0.15, 0.2) is 17.7 Å². The van der Waals surface area contributed by atoms with Gasteiger partial charge in [-0.15, -0.1) is 0 Å². The highest BCUT2D eigenvalue weighted by Crippen LogP contribution is 2.34. The van der Waals surface area contributed by atoms with Gasteiger partial charge in [0.1, 0.15) is 12.4 Å². The Labute approximate surface area is 215 Å². The van der Waals surface area contributed by atoms with Gasteiger partial charge in [0.05, 0.1) is 38.2 Å². The molecule has 0 radical (unpaired) electrons. The number of nitrogens with one attached hydrogen (secondary N) is 3. The largest absolute Gasteiger partial charge is 0.494 e. The average Bonchev–Trinajstić information content (AvgIpc) is 2.88. The highest BCUT2D eigenvalue weighted by molar-refractivity contribution is 5.95. The summed E-state index contributed by atoms with van der Waals surface area (Å²) in [6.45, 7) is 6.20. The molecule has 2 atom stereocenters. The smallest absolute Gasteiger partial charge is 0.337 e. The monoisotopic (exact) mass is 512 g/mol. The Balaban J connectivity index is 1.66. The zero-order valence-corrected chi connectivity index (χ0v) is 21.2. The lowest BCUT2D eigenvalue weighted by atomic mass is 9.95. The Bertz CT molecular complexity index is 1150. The molecule has 4 N–H and O–H groups in total. The number of aliphatic hydroxyl groups is 1. The van der Waals surface area contributed by atoms with E-state index in [0.717, 1.165) is 11.3 Å². The van der Waals surface area contributed by atoms with E-state index in [1.165, 1.54) is 7.11 Å². The van der Waals surface area contributed by atoms with Crippen LogP contribution < -0.4 is 30.3 Å². The number of amides is 2. The van der Waals surface area contributed by atoms with Gasteiger partial charge in [0.2, 0.25) is 0 Å². The minimum atomic E-state index is -1.09. The fourth-order valence-electron chi connectivity index (χ4n) is 3.64. The van der Waals surface area contributed by atoms with Crippen LogP contribution in [0.3, 0.4) is 0 Å². The SMILES string of the molecule is CCOc1ccc(/C=N\N[C@@H](O)COc2ccc([C@H]3NC(=O)NC(C)=C3C(=O)OC)cc2OCC)cc1. The molecule has 1 heterocycles. The van der Waals surface area contributed by atoms with E-state index < -0.39 is 24.3 Å². The molecule has 1 aliphatic heterocycles. The third-order valence-corrected chi connectivity index (χ3v) is 5.30. The molecular formula is C26H32N4O7. The Morgan fingerprint density at radius 1 is 1.11 bits per heavy atom. The van der Waals surface area contributed by atoms with E-state index in [4.69, 9.17) is 18.9 Å². The molecule has 2 amide bonds. The summed E-state index contributed by atoms with van der Waals surface area (Å²) in [5.41, 5.74) is 4.72. The van der Waals surface area contributed by atoms with E-state index in [0.29, 0.717) is 36.0 Å². The fraction of sp³-hybridized carbons (Fsp3) is 0.346. The molecule has 2 aromatic rings. The average molecular weight is 513 g/mol. The van der Waals surface area contributed by atoms with E-state index in [1.807, 2.05) is 38.1 Å². The van der Waals surface area contributed by atoms with E-state index >= 15 is 0 Å². The molecular weight excluding hydrogens is 480 g/mol. The van der Waals surface area contributed by atoms with Crippen LogP contribution in [0.25, 0.3) is 0 Å². The number of esters is 1. The molecule has 0 aromatic heterocycles. The number of aliphatic hydroxyl groups excluding tert-OH is 1. The summed E-state index contributed by atoms with van der Waals surface area (Å²) in [7, 11) is 1.28. The van der Waals surface area contributed by atoms with Crippen molar-refractivity contribution in [2.75, 3.05) is 26.9 Å². The highest BCUT2D eigenvalue weighted by Gasteiger charge is 2.32. The van der Waals surface area contributed by atoms with Gasteiger partial charge in [-0.3, -0.25) is 5.43 Å². The Morgan fingerprint density at radius 3 is 2.51 bits per heavy atom. The number of methoxy groups -OCH3 is 1. The molecule has 0 saturated carbocycles. The molecule has 3 rings (SSSR count). The van der Waals surface area contributed by atoms with Crippen molar-refractivity contribution in [3.8, 4) is 17.2 Å². The molecule has 198 valence electrons. The number of benzene rings is 2. The molecule has 11 heteroatoms. The van der Waals surface area contributed by atoms with Crippen molar-refractivity contribution in [3.63, 3.8) is 0 Å². The molecule has 0 fully saturated rings. The summed E-state index contributed by atoms with van der Waals surface area (Å²) in [5, 5.41) is 19.6. The normalized spacial score (nSPS) is 16.0. The molecule has 37 heavy (non-hydrogen) atoms. The maximum Gasteiger partial charge on any atom is 0.337 e. The molecule has 0 aliphatic carbocycles. The standard InChI is InChI=1S/C26H32N4O7/c1-5-35-19-10-7-17(8-11-19)14-27-30-22(31)15-37-20-12-9-18(13-21(20)36-6-2)24-23(25(32)34-4)16(3)28-26(33)29-24/h7-14,22,24,30-31H,5-6,15H2,1-4H3,(H2,28,29,33)/b27-14-/t22-,24+/m0/s1. The molecule has 11 nitrogen and oxygen atoms in total. The van der Waals surface area contributed by atoms with Gasteiger partial charge < -0.3 is 34.7 Å². The fourth-order valence-corrected chi connectivity index (χ4v) is 3.64. The van der Waals surface area contributed by atoms with Gasteiger partial charge in [-0.1, -0.05) is 6.07 Å². The minimum absolute atomic E-state index is 0.115. The van der Waals surface area contributed by atoms with Crippen molar-refractivity contribution in [3.05, 3.63) is 64.9 Å². The van der Waals surface area contributed by atoms with E-state index in [1.54, 1.807) is 31.3 Å². The lowest BCUT2D eigenvalue weighted by Crippen LogP contribution is -2.45. The summed E-state index contributed by atoms with van der Waals surface area (Å²) in [5.74, 6) is 0.975. The number of hydrogen-bond acceptors (Lipinski definition) is 9. The zero-order valence-electron chi connectivity index (χ0n) is 21.2. The lowest BCUT2D eigenvalue weighted by Gasteiger charge is -2.28. The number of rotatable bonds is 12. The van der Waals surface area contributed by atoms with Crippen molar-refractivity contribution in [2.24, 2.45) is 5.10 Å². The Hall–Kier alpha value is -4.25. The van der Waals surface area contributed by atoms with Crippen molar-refractivity contribution < 1.29 is 33.6 Å². The first-order chi connectivity index (χ1) is 17.9. The third-order valence-electron chi connectivity index (χ3n) is 5.30. The lowest BCUT2D eigenvalue weighted by molar-refractivity contribution is -0.136. The molecule has 1 aliphatic rings. The quantitative estimate of drug-likeness (QED) is 0.147. The number of carbonyl (C=O) groups is 2. The van der Waals surface area contributed by atoms with Crippen LogP contribution in [0.15, 0.2) is 58.8 Å². The number of allylic oxidation sites excluding steroid dienone is 1. The molecule has 2 aromatic carbocycles. The summed E-state index contributed by atoms with van der Waals surface area (Å²) in [6.07, 6.45) is 0.481. The molecule has 0 saturated heterocycles. The summed E-state index contributed by atoms with van der Waals surface area (Å²) < 4.78 is 21.8. The second-order valence-electron chi connectivity index (χ2n) is 7.92. The maximum atomic E-state index is 12.4. The van der Waals surface area contributed by atoms with Crippen molar-refractivity contribution in [1.82, 2.24) is 16.1 Å². The first-order valence-corrected chi connectivity index (χ1v) is 11.8. The minimum Gasteiger partial charge on any atom is -0.494 e. The van der Waals surface area contributed by atoms with Crippen LogP contribution in [-0.4, -0.2) is 56.5 Å². The molecule has 0 spiro atoms. The number of urea groups is 1. The van der Waals surface area contributed by atoms with Crippen LogP contribution >= 0.6 is 0 Å². The van der Waals surface area contributed by atoms with Crippen LogP contribution in [0, 0.1) is 0 Å². The van der Waals surface area contributed by atoms with Gasteiger partial charge in [-0.2, -0.15) is 5.10 Å². The second kappa shape index (κ2) is 13.2. The van der Waals surface area contributed by atoms with Crippen LogP contribution in [-0.2, 0) is 9.53 Å². The van der Waals surface area contributed by atoms with Crippen LogP contribution in [0.2, 0.25) is 0 Å². The predicted molar refractivity (Wildman–Crippen MR) is 137 cm³/mol. The molecule has 0 bridgehead atoms. The predicted octanol–water partition coefficient (Wildman–Crippen LogP) is 2.61. The first kappa shape index (κ1) is 27.3. The van der Waals surface area contributed by atoms with Crippen LogP contribution in [0.4, 0.5) is 4.79 Å².